The van der Waals surface area contributed by atoms with Crippen molar-refractivity contribution in [3.63, 3.8) is 0 Å². The first-order valence-electron chi connectivity index (χ1n) is 11.1. The summed E-state index contributed by atoms with van der Waals surface area (Å²) < 4.78 is 29.8. The average molecular weight is 476 g/mol. The highest BCUT2D eigenvalue weighted by Gasteiger charge is 2.39. The van der Waals surface area contributed by atoms with Crippen LogP contribution in [0.2, 0.25) is 0 Å². The number of aliphatic hydroxyl groups excluding tert-OH is 1. The summed E-state index contributed by atoms with van der Waals surface area (Å²) in [5, 5.41) is 22.6. The van der Waals surface area contributed by atoms with Crippen LogP contribution in [0.5, 0.6) is 5.88 Å². The number of nitrogens with two attached hydrogens (primary N) is 1. The van der Waals surface area contributed by atoms with E-state index >= 15 is 0 Å². The molecule has 11 heteroatoms. The van der Waals surface area contributed by atoms with Gasteiger partial charge in [-0.3, -0.25) is 0 Å². The number of amides is 2. The second-order valence-electron chi connectivity index (χ2n) is 9.28. The van der Waals surface area contributed by atoms with Gasteiger partial charge in [-0.2, -0.15) is 5.10 Å². The van der Waals surface area contributed by atoms with E-state index in [0.717, 1.165) is 48.9 Å². The standard InChI is InChI=1S/C22H29N5O5S/c1-22(12-28)11-27-20(32-22)17(9-24-27)33(23,30)26-21(29)25-19-16-5-3-4-13(16)8-14-6-7-15(10-31-2)18(14)19/h8-9,15,28H,3-7,10-12H2,1-2H3,(H3,23,25,26,29,30)/t15-,22-,33?/m1/s1. The van der Waals surface area contributed by atoms with Crippen molar-refractivity contribution in [3.8, 4) is 5.88 Å². The minimum atomic E-state index is -3.62. The largest absolute Gasteiger partial charge is 0.466 e. The maximum Gasteiger partial charge on any atom is 0.354 e. The van der Waals surface area contributed by atoms with Crippen LogP contribution in [0.3, 0.4) is 0 Å². The van der Waals surface area contributed by atoms with Crippen molar-refractivity contribution in [3.05, 3.63) is 34.5 Å². The van der Waals surface area contributed by atoms with Gasteiger partial charge in [0.15, 0.2) is 15.5 Å². The average Bonchev–Trinajstić information content (AvgIpc) is 3.51. The van der Waals surface area contributed by atoms with E-state index in [1.165, 1.54) is 22.0 Å². The minimum absolute atomic E-state index is 0.0376. The molecule has 1 aliphatic heterocycles. The molecule has 1 aromatic carbocycles. The Hall–Kier alpha value is -2.47. The molecule has 1 aromatic heterocycles. The molecular formula is C22H29N5O5S. The fourth-order valence-electron chi connectivity index (χ4n) is 5.22. The maximum atomic E-state index is 13.3. The van der Waals surface area contributed by atoms with E-state index in [0.29, 0.717) is 6.61 Å². The zero-order valence-electron chi connectivity index (χ0n) is 18.8. The highest BCUT2D eigenvalue weighted by molar-refractivity contribution is 7.91. The Morgan fingerprint density at radius 3 is 3.03 bits per heavy atom. The number of urea groups is 1. The summed E-state index contributed by atoms with van der Waals surface area (Å²) in [6.07, 6.45) is 6.09. The van der Waals surface area contributed by atoms with Crippen molar-refractivity contribution < 1.29 is 23.6 Å². The van der Waals surface area contributed by atoms with Crippen molar-refractivity contribution >= 4 is 21.6 Å². The van der Waals surface area contributed by atoms with Crippen LogP contribution in [0, 0.1) is 0 Å². The highest BCUT2D eigenvalue weighted by atomic mass is 32.2. The van der Waals surface area contributed by atoms with Crippen LogP contribution < -0.4 is 15.2 Å². The Kier molecular flexibility index (Phi) is 5.47. The van der Waals surface area contributed by atoms with Gasteiger partial charge in [-0.15, -0.1) is 4.36 Å². The number of aryl methyl sites for hydroxylation is 2. The van der Waals surface area contributed by atoms with E-state index in [9.17, 15) is 14.1 Å². The molecular weight excluding hydrogens is 446 g/mol. The number of carbonyl (C=O) groups is 1. The number of methoxy groups -OCH3 is 1. The molecule has 0 fully saturated rings. The molecule has 33 heavy (non-hydrogen) atoms. The van der Waals surface area contributed by atoms with Crippen LogP contribution in [-0.2, 0) is 40.5 Å². The van der Waals surface area contributed by atoms with Crippen LogP contribution in [0.4, 0.5) is 10.5 Å². The molecule has 1 unspecified atom stereocenters. The zero-order valence-corrected chi connectivity index (χ0v) is 19.6. The number of nitrogens with one attached hydrogen (secondary N) is 1. The number of fused-ring (bicyclic) bond motifs is 3. The zero-order chi connectivity index (χ0) is 23.4. The number of hydrogen-bond acceptors (Lipinski definition) is 6. The van der Waals surface area contributed by atoms with Crippen molar-refractivity contribution in [2.24, 2.45) is 9.50 Å². The first-order chi connectivity index (χ1) is 15.7. The van der Waals surface area contributed by atoms with Crippen molar-refractivity contribution in [1.82, 2.24) is 9.78 Å². The first kappa shape index (κ1) is 22.3. The van der Waals surface area contributed by atoms with Gasteiger partial charge in [-0.25, -0.2) is 18.8 Å². The van der Waals surface area contributed by atoms with Gasteiger partial charge in [-0.1, -0.05) is 6.07 Å². The normalized spacial score (nSPS) is 24.5. The number of aliphatic hydroxyl groups is 1. The fourth-order valence-corrected chi connectivity index (χ4v) is 6.21. The molecule has 3 atom stereocenters. The molecule has 178 valence electrons. The number of benzene rings is 1. The molecule has 0 spiro atoms. The molecule has 0 saturated carbocycles. The molecule has 2 heterocycles. The predicted octanol–water partition coefficient (Wildman–Crippen LogP) is 2.12. The van der Waals surface area contributed by atoms with Crippen LogP contribution in [0.1, 0.15) is 47.9 Å². The second kappa shape index (κ2) is 8.08. The smallest absolute Gasteiger partial charge is 0.354 e. The summed E-state index contributed by atoms with van der Waals surface area (Å²) in [6, 6.07) is 1.49. The quantitative estimate of drug-likeness (QED) is 0.605. The number of nitrogens with zero attached hydrogens (tertiary/aromatic N) is 3. The van der Waals surface area contributed by atoms with Gasteiger partial charge < -0.3 is 19.9 Å². The minimum Gasteiger partial charge on any atom is -0.466 e. The summed E-state index contributed by atoms with van der Waals surface area (Å²) in [6.45, 7) is 2.32. The molecule has 2 aromatic rings. The Morgan fingerprint density at radius 2 is 2.27 bits per heavy atom. The van der Waals surface area contributed by atoms with E-state index in [1.54, 1.807) is 14.0 Å². The van der Waals surface area contributed by atoms with E-state index in [2.05, 4.69) is 20.8 Å². The van der Waals surface area contributed by atoms with Crippen LogP contribution in [0.15, 0.2) is 21.5 Å². The topological polar surface area (TPSA) is 141 Å². The lowest BCUT2D eigenvalue weighted by atomic mass is 9.94. The third-order valence-corrected chi connectivity index (χ3v) is 8.10. The maximum absolute atomic E-state index is 13.3. The summed E-state index contributed by atoms with van der Waals surface area (Å²) in [7, 11) is -1.95. The fraction of sp³-hybridized carbons (Fsp3) is 0.545. The summed E-state index contributed by atoms with van der Waals surface area (Å²) in [5.74, 6) is 0.356. The third-order valence-electron chi connectivity index (χ3n) is 6.75. The predicted molar refractivity (Wildman–Crippen MR) is 122 cm³/mol. The van der Waals surface area contributed by atoms with Gasteiger partial charge >= 0.3 is 6.03 Å². The van der Waals surface area contributed by atoms with E-state index in [4.69, 9.17) is 14.6 Å². The molecule has 10 nitrogen and oxygen atoms in total. The third kappa shape index (κ3) is 3.82. The molecule has 0 bridgehead atoms. The molecule has 0 saturated heterocycles. The summed E-state index contributed by atoms with van der Waals surface area (Å²) in [5.41, 5.74) is 4.58. The van der Waals surface area contributed by atoms with E-state index < -0.39 is 21.5 Å². The van der Waals surface area contributed by atoms with Gasteiger partial charge in [0.2, 0.25) is 5.88 Å². The summed E-state index contributed by atoms with van der Waals surface area (Å²) in [4.78, 5) is 13.0. The van der Waals surface area contributed by atoms with Crippen LogP contribution in [-0.4, -0.2) is 51.1 Å². The molecule has 4 N–H and O–H groups in total. The number of hydrogen-bond donors (Lipinski definition) is 3. The number of carbonyl (C=O) groups excluding carboxylic acids is 1. The SMILES string of the molecule is COC[C@H]1CCc2cc3c(c(NC(=O)N=S(N)(=O)c4cnn5c4O[C@@](C)(CO)C5)c21)CCC3. The molecule has 5 rings (SSSR count). The molecule has 2 aliphatic carbocycles. The van der Waals surface area contributed by atoms with Gasteiger partial charge in [-0.05, 0) is 61.3 Å². The summed E-state index contributed by atoms with van der Waals surface area (Å²) >= 11 is 0. The number of rotatable bonds is 5. The van der Waals surface area contributed by atoms with E-state index in [1.807, 2.05) is 0 Å². The number of aromatic nitrogens is 2. The Labute approximate surface area is 192 Å². The van der Waals surface area contributed by atoms with Gasteiger partial charge in [0, 0.05) is 18.7 Å². The number of ether oxygens (including phenoxy) is 2. The van der Waals surface area contributed by atoms with Crippen LogP contribution >= 0.6 is 0 Å². The molecule has 2 amide bonds. The second-order valence-corrected chi connectivity index (χ2v) is 11.0. The van der Waals surface area contributed by atoms with Gasteiger partial charge in [0.1, 0.15) is 4.90 Å². The number of anilines is 1. The highest BCUT2D eigenvalue weighted by Crippen LogP contribution is 2.44. The van der Waals surface area contributed by atoms with Crippen LogP contribution in [0.25, 0.3) is 0 Å². The van der Waals surface area contributed by atoms with E-state index in [-0.39, 0.29) is 29.8 Å². The lowest BCUT2D eigenvalue weighted by molar-refractivity contribution is 0.0399. The van der Waals surface area contributed by atoms with Crippen molar-refractivity contribution in [2.75, 3.05) is 25.6 Å². The first-order valence-corrected chi connectivity index (χ1v) is 12.7. The lowest BCUT2D eigenvalue weighted by Gasteiger charge is -2.20. The Balaban J connectivity index is 1.48. The van der Waals surface area contributed by atoms with Gasteiger partial charge in [0.25, 0.3) is 0 Å². The van der Waals surface area contributed by atoms with Crippen molar-refractivity contribution in [1.29, 1.82) is 0 Å². The molecule has 3 aliphatic rings. The lowest BCUT2D eigenvalue weighted by Crippen LogP contribution is -2.35. The Bertz CT molecular complexity index is 1250. The van der Waals surface area contributed by atoms with Gasteiger partial charge in [0.05, 0.1) is 26.0 Å². The van der Waals surface area contributed by atoms with Crippen molar-refractivity contribution in [2.45, 2.75) is 62.0 Å². The monoisotopic (exact) mass is 475 g/mol. The Morgan fingerprint density at radius 1 is 1.45 bits per heavy atom. The molecule has 0 radical (unpaired) electrons.